The molecular formula is C15H21BrClN5O2. The van der Waals surface area contributed by atoms with Crippen LogP contribution in [0.5, 0.6) is 0 Å². The third kappa shape index (κ3) is 4.67. The lowest BCUT2D eigenvalue weighted by Gasteiger charge is -2.27. The SMILES string of the molecule is Cl.O=C(CNC(=O)C1NNC2CCNCC21)Nc1ccc(Br)cc1. The number of hydrazine groups is 1. The van der Waals surface area contributed by atoms with Crippen molar-refractivity contribution in [2.45, 2.75) is 18.5 Å². The largest absolute Gasteiger partial charge is 0.346 e. The Kier molecular flexibility index (Phi) is 7.00. The summed E-state index contributed by atoms with van der Waals surface area (Å²) in [5, 5.41) is 8.75. The topological polar surface area (TPSA) is 94.3 Å². The predicted octanol–water partition coefficient (Wildman–Crippen LogP) is 0.380. The van der Waals surface area contributed by atoms with Crippen LogP contribution in [0.3, 0.4) is 0 Å². The normalized spacial score (nSPS) is 25.3. The van der Waals surface area contributed by atoms with Crippen LogP contribution in [0.4, 0.5) is 5.69 Å². The minimum absolute atomic E-state index is 0. The number of benzene rings is 1. The predicted molar refractivity (Wildman–Crippen MR) is 97.9 cm³/mol. The van der Waals surface area contributed by atoms with Crippen molar-refractivity contribution in [1.29, 1.82) is 0 Å². The summed E-state index contributed by atoms with van der Waals surface area (Å²) in [6.45, 7) is 1.71. The van der Waals surface area contributed by atoms with Gasteiger partial charge in [0.1, 0.15) is 6.04 Å². The van der Waals surface area contributed by atoms with Gasteiger partial charge in [0.2, 0.25) is 11.8 Å². The molecule has 1 aromatic rings. The van der Waals surface area contributed by atoms with Crippen LogP contribution < -0.4 is 26.8 Å². The first-order valence-corrected chi connectivity index (χ1v) is 8.47. The van der Waals surface area contributed by atoms with Crippen LogP contribution in [0.1, 0.15) is 6.42 Å². The highest BCUT2D eigenvalue weighted by Gasteiger charge is 2.41. The fourth-order valence-electron chi connectivity index (χ4n) is 2.99. The molecule has 132 valence electrons. The summed E-state index contributed by atoms with van der Waals surface area (Å²) in [5.41, 5.74) is 6.90. The van der Waals surface area contributed by atoms with Gasteiger partial charge in [-0.05, 0) is 37.2 Å². The Morgan fingerprint density at radius 1 is 1.21 bits per heavy atom. The van der Waals surface area contributed by atoms with Gasteiger partial charge in [0.25, 0.3) is 0 Å². The highest BCUT2D eigenvalue weighted by molar-refractivity contribution is 9.10. The van der Waals surface area contributed by atoms with E-state index in [1.54, 1.807) is 12.1 Å². The molecule has 2 heterocycles. The second kappa shape index (κ2) is 8.77. The third-order valence-corrected chi connectivity index (χ3v) is 4.74. The number of fused-ring (bicyclic) bond motifs is 1. The van der Waals surface area contributed by atoms with Gasteiger partial charge in [0.05, 0.1) is 6.54 Å². The molecule has 0 saturated carbocycles. The first-order valence-electron chi connectivity index (χ1n) is 7.68. The van der Waals surface area contributed by atoms with Crippen molar-refractivity contribution in [3.63, 3.8) is 0 Å². The fourth-order valence-corrected chi connectivity index (χ4v) is 3.26. The number of rotatable bonds is 4. The molecule has 2 fully saturated rings. The highest BCUT2D eigenvalue weighted by atomic mass is 79.9. The van der Waals surface area contributed by atoms with E-state index >= 15 is 0 Å². The van der Waals surface area contributed by atoms with Gasteiger partial charge in [-0.3, -0.25) is 15.0 Å². The van der Waals surface area contributed by atoms with Crippen molar-refractivity contribution in [2.24, 2.45) is 5.92 Å². The summed E-state index contributed by atoms with van der Waals surface area (Å²) in [7, 11) is 0. The highest BCUT2D eigenvalue weighted by Crippen LogP contribution is 2.20. The molecule has 0 aromatic heterocycles. The van der Waals surface area contributed by atoms with Gasteiger partial charge in [0.15, 0.2) is 0 Å². The van der Waals surface area contributed by atoms with Gasteiger partial charge in [-0.15, -0.1) is 12.4 Å². The average molecular weight is 419 g/mol. The van der Waals surface area contributed by atoms with E-state index in [0.717, 1.165) is 24.0 Å². The lowest BCUT2D eigenvalue weighted by Crippen LogP contribution is -2.50. The maximum Gasteiger partial charge on any atom is 0.243 e. The molecule has 2 amide bonds. The number of carbonyl (C=O) groups excluding carboxylic acids is 2. The molecule has 24 heavy (non-hydrogen) atoms. The minimum atomic E-state index is -0.312. The summed E-state index contributed by atoms with van der Waals surface area (Å²) in [5.74, 6) is -0.192. The molecule has 3 unspecified atom stereocenters. The standard InChI is InChI=1S/C15H20BrN5O2.ClH/c16-9-1-3-10(4-2-9)19-13(22)8-18-15(23)14-11-7-17-6-5-12(11)20-21-14;/h1-4,11-12,14,17,20-21H,5-8H2,(H,18,23)(H,19,22);1H. The number of halogens is 2. The molecule has 3 atom stereocenters. The molecule has 2 aliphatic rings. The summed E-state index contributed by atoms with van der Waals surface area (Å²) in [6, 6.07) is 7.28. The molecule has 5 N–H and O–H groups in total. The van der Waals surface area contributed by atoms with E-state index in [9.17, 15) is 9.59 Å². The number of nitrogens with one attached hydrogen (secondary N) is 5. The summed E-state index contributed by atoms with van der Waals surface area (Å²) >= 11 is 3.34. The monoisotopic (exact) mass is 417 g/mol. The van der Waals surface area contributed by atoms with E-state index in [2.05, 4.69) is 42.7 Å². The number of hydrogen-bond acceptors (Lipinski definition) is 5. The zero-order chi connectivity index (χ0) is 16.2. The molecule has 0 spiro atoms. The Bertz CT molecular complexity index is 586. The van der Waals surface area contributed by atoms with E-state index in [1.165, 1.54) is 0 Å². The van der Waals surface area contributed by atoms with Gasteiger partial charge in [-0.1, -0.05) is 15.9 Å². The van der Waals surface area contributed by atoms with Crippen LogP contribution in [-0.4, -0.2) is 43.5 Å². The fraction of sp³-hybridized carbons (Fsp3) is 0.467. The van der Waals surface area contributed by atoms with Gasteiger partial charge in [-0.25, -0.2) is 5.43 Å². The second-order valence-corrected chi connectivity index (χ2v) is 6.72. The van der Waals surface area contributed by atoms with Crippen LogP contribution in [0.15, 0.2) is 28.7 Å². The number of amides is 2. The van der Waals surface area contributed by atoms with Gasteiger partial charge in [-0.2, -0.15) is 0 Å². The van der Waals surface area contributed by atoms with E-state index in [0.29, 0.717) is 11.7 Å². The lowest BCUT2D eigenvalue weighted by atomic mass is 9.89. The molecule has 7 nitrogen and oxygen atoms in total. The van der Waals surface area contributed by atoms with Crippen LogP contribution in [0.25, 0.3) is 0 Å². The van der Waals surface area contributed by atoms with Crippen LogP contribution >= 0.6 is 28.3 Å². The summed E-state index contributed by atoms with van der Waals surface area (Å²) in [6.07, 6.45) is 0.992. The first-order chi connectivity index (χ1) is 11.1. The molecule has 0 bridgehead atoms. The van der Waals surface area contributed by atoms with Gasteiger partial charge in [0, 0.05) is 28.7 Å². The van der Waals surface area contributed by atoms with Crippen LogP contribution in [0, 0.1) is 5.92 Å². The second-order valence-electron chi connectivity index (χ2n) is 5.80. The van der Waals surface area contributed by atoms with Crippen molar-refractivity contribution < 1.29 is 9.59 Å². The van der Waals surface area contributed by atoms with Crippen molar-refractivity contribution in [1.82, 2.24) is 21.5 Å². The smallest absolute Gasteiger partial charge is 0.243 e. The first kappa shape index (κ1) is 19.1. The summed E-state index contributed by atoms with van der Waals surface area (Å²) in [4.78, 5) is 24.2. The van der Waals surface area contributed by atoms with E-state index in [1.807, 2.05) is 12.1 Å². The molecule has 0 radical (unpaired) electrons. The van der Waals surface area contributed by atoms with Crippen molar-refractivity contribution in [3.05, 3.63) is 28.7 Å². The molecule has 2 saturated heterocycles. The Hall–Kier alpha value is -1.19. The molecule has 0 aliphatic carbocycles. The van der Waals surface area contributed by atoms with E-state index in [-0.39, 0.29) is 42.7 Å². The van der Waals surface area contributed by atoms with Crippen LogP contribution in [0.2, 0.25) is 0 Å². The molecule has 1 aromatic carbocycles. The molecular weight excluding hydrogens is 398 g/mol. The van der Waals surface area contributed by atoms with Crippen molar-refractivity contribution in [2.75, 3.05) is 25.0 Å². The molecule has 2 aliphatic heterocycles. The van der Waals surface area contributed by atoms with Crippen molar-refractivity contribution in [3.8, 4) is 0 Å². The number of piperidine rings is 1. The maximum atomic E-state index is 12.3. The van der Waals surface area contributed by atoms with Crippen molar-refractivity contribution >= 4 is 45.8 Å². The Labute approximate surface area is 155 Å². The van der Waals surface area contributed by atoms with Gasteiger partial charge >= 0.3 is 0 Å². The van der Waals surface area contributed by atoms with Gasteiger partial charge < -0.3 is 16.0 Å². The zero-order valence-electron chi connectivity index (χ0n) is 13.0. The minimum Gasteiger partial charge on any atom is -0.346 e. The van der Waals surface area contributed by atoms with E-state index < -0.39 is 0 Å². The Morgan fingerprint density at radius 3 is 2.71 bits per heavy atom. The quantitative estimate of drug-likeness (QED) is 0.487. The number of hydrogen-bond donors (Lipinski definition) is 5. The zero-order valence-corrected chi connectivity index (χ0v) is 15.4. The van der Waals surface area contributed by atoms with Crippen LogP contribution in [-0.2, 0) is 9.59 Å². The molecule has 9 heteroatoms. The lowest BCUT2D eigenvalue weighted by molar-refractivity contribution is -0.126. The number of anilines is 1. The third-order valence-electron chi connectivity index (χ3n) is 4.21. The number of carbonyl (C=O) groups is 2. The summed E-state index contributed by atoms with van der Waals surface area (Å²) < 4.78 is 0.944. The Morgan fingerprint density at radius 2 is 1.96 bits per heavy atom. The Balaban J connectivity index is 0.00000208. The maximum absolute atomic E-state index is 12.3. The average Bonchev–Trinajstić information content (AvgIpc) is 2.99. The molecule has 3 rings (SSSR count). The van der Waals surface area contributed by atoms with E-state index in [4.69, 9.17) is 0 Å².